The molecular formula is C8H8F2N2O. The Morgan fingerprint density at radius 1 is 1.46 bits per heavy atom. The third-order valence-electron chi connectivity index (χ3n) is 1.51. The monoisotopic (exact) mass is 186 g/mol. The quantitative estimate of drug-likeness (QED) is 0.429. The summed E-state index contributed by atoms with van der Waals surface area (Å²) in [6.07, 6.45) is 0.896. The van der Waals surface area contributed by atoms with Crippen molar-refractivity contribution < 1.29 is 13.5 Å². The maximum atomic E-state index is 13.2. The summed E-state index contributed by atoms with van der Waals surface area (Å²) in [6, 6.07) is 2.28. The second-order valence-electron chi connectivity index (χ2n) is 2.26. The minimum absolute atomic E-state index is 0.0451. The summed E-state index contributed by atoms with van der Waals surface area (Å²) in [5.41, 5.74) is -0.304. The highest BCUT2D eigenvalue weighted by Gasteiger charge is 2.11. The molecule has 0 radical (unpaired) electrons. The molecule has 2 N–H and O–H groups in total. The van der Waals surface area contributed by atoms with Crippen molar-refractivity contribution in [3.05, 3.63) is 29.3 Å². The minimum atomic E-state index is -0.809. The van der Waals surface area contributed by atoms with Gasteiger partial charge in [-0.2, -0.15) is 5.10 Å². The zero-order chi connectivity index (χ0) is 9.84. The van der Waals surface area contributed by atoms with Crippen LogP contribution in [0.1, 0.15) is 5.56 Å². The molecule has 0 aliphatic rings. The van der Waals surface area contributed by atoms with Crippen LogP contribution in [0.4, 0.5) is 8.78 Å². The van der Waals surface area contributed by atoms with Crippen molar-refractivity contribution >= 4 is 6.21 Å². The normalized spacial score (nSPS) is 10.7. The van der Waals surface area contributed by atoms with E-state index in [1.165, 1.54) is 13.2 Å². The highest BCUT2D eigenvalue weighted by molar-refractivity contribution is 5.80. The Bertz CT molecular complexity index is 339. The molecule has 0 aliphatic carbocycles. The fourth-order valence-electron chi connectivity index (χ4n) is 0.900. The molecular weight excluding hydrogens is 178 g/mol. The first-order valence-corrected chi connectivity index (χ1v) is 3.46. The molecule has 3 nitrogen and oxygen atoms in total. The van der Waals surface area contributed by atoms with Gasteiger partial charge in [0.15, 0.2) is 11.6 Å². The zero-order valence-electron chi connectivity index (χ0n) is 6.92. The highest BCUT2D eigenvalue weighted by atomic mass is 19.1. The van der Waals surface area contributed by atoms with Crippen molar-refractivity contribution in [3.8, 4) is 5.75 Å². The van der Waals surface area contributed by atoms with Crippen LogP contribution < -0.4 is 10.6 Å². The maximum Gasteiger partial charge on any atom is 0.176 e. The molecule has 1 rings (SSSR count). The molecule has 0 amide bonds. The van der Waals surface area contributed by atoms with Gasteiger partial charge < -0.3 is 10.6 Å². The first-order valence-electron chi connectivity index (χ1n) is 3.46. The van der Waals surface area contributed by atoms with Gasteiger partial charge in [-0.05, 0) is 12.1 Å². The first kappa shape index (κ1) is 9.44. The molecule has 0 aliphatic heterocycles. The van der Waals surface area contributed by atoms with Gasteiger partial charge in [-0.3, -0.25) is 0 Å². The SMILES string of the molecule is COc1ccc(F)c(C=NN)c1F. The number of rotatable bonds is 2. The van der Waals surface area contributed by atoms with Crippen LogP contribution in [0.5, 0.6) is 5.75 Å². The molecule has 1 aromatic rings. The summed E-state index contributed by atoms with van der Waals surface area (Å²) in [5, 5.41) is 3.04. The van der Waals surface area contributed by atoms with Gasteiger partial charge in [0, 0.05) is 0 Å². The topological polar surface area (TPSA) is 47.6 Å². The van der Waals surface area contributed by atoms with Gasteiger partial charge in [0.05, 0.1) is 18.9 Å². The lowest BCUT2D eigenvalue weighted by atomic mass is 10.2. The van der Waals surface area contributed by atoms with Crippen LogP contribution in [0.15, 0.2) is 17.2 Å². The van der Waals surface area contributed by atoms with Gasteiger partial charge in [0.25, 0.3) is 0 Å². The predicted molar refractivity (Wildman–Crippen MR) is 44.7 cm³/mol. The van der Waals surface area contributed by atoms with E-state index in [9.17, 15) is 8.78 Å². The molecule has 13 heavy (non-hydrogen) atoms. The van der Waals surface area contributed by atoms with Gasteiger partial charge in [-0.1, -0.05) is 0 Å². The summed E-state index contributed by atoms with van der Waals surface area (Å²) in [4.78, 5) is 0. The zero-order valence-corrected chi connectivity index (χ0v) is 6.92. The number of nitrogens with two attached hydrogens (primary N) is 1. The molecule has 5 heteroatoms. The molecule has 0 atom stereocenters. The average Bonchev–Trinajstić information content (AvgIpc) is 2.12. The van der Waals surface area contributed by atoms with Crippen LogP contribution in [-0.2, 0) is 0 Å². The lowest BCUT2D eigenvalue weighted by Crippen LogP contribution is -1.99. The lowest BCUT2D eigenvalue weighted by molar-refractivity contribution is 0.383. The van der Waals surface area contributed by atoms with E-state index in [1.807, 2.05) is 0 Å². The fraction of sp³-hybridized carbons (Fsp3) is 0.125. The predicted octanol–water partition coefficient (Wildman–Crippen LogP) is 1.27. The molecule has 0 saturated heterocycles. The van der Waals surface area contributed by atoms with E-state index >= 15 is 0 Å². The molecule has 0 fully saturated rings. The van der Waals surface area contributed by atoms with Crippen molar-refractivity contribution in [1.82, 2.24) is 0 Å². The number of halogens is 2. The second-order valence-corrected chi connectivity index (χ2v) is 2.26. The summed E-state index contributed by atoms with van der Waals surface area (Å²) >= 11 is 0. The van der Waals surface area contributed by atoms with Crippen molar-refractivity contribution in [3.63, 3.8) is 0 Å². The van der Waals surface area contributed by atoms with Crippen molar-refractivity contribution in [2.75, 3.05) is 7.11 Å². The van der Waals surface area contributed by atoms with Gasteiger partial charge in [0.1, 0.15) is 5.82 Å². The standard InChI is InChI=1S/C8H8F2N2O/c1-13-7-3-2-6(9)5(4-12-11)8(7)10/h2-4H,11H2,1H3. The Balaban J connectivity index is 3.29. The van der Waals surface area contributed by atoms with Crippen LogP contribution in [0, 0.1) is 11.6 Å². The third-order valence-corrected chi connectivity index (χ3v) is 1.51. The number of nitrogens with zero attached hydrogens (tertiary/aromatic N) is 1. The van der Waals surface area contributed by atoms with Crippen LogP contribution in [0.25, 0.3) is 0 Å². The van der Waals surface area contributed by atoms with Crippen molar-refractivity contribution in [2.24, 2.45) is 10.9 Å². The number of benzene rings is 1. The molecule has 1 aromatic carbocycles. The number of ether oxygens (including phenoxy) is 1. The largest absolute Gasteiger partial charge is 0.494 e. The van der Waals surface area contributed by atoms with E-state index in [0.717, 1.165) is 12.3 Å². The van der Waals surface area contributed by atoms with E-state index < -0.39 is 11.6 Å². The summed E-state index contributed by atoms with van der Waals surface area (Å²) in [7, 11) is 1.29. The Labute approximate surface area is 73.8 Å². The van der Waals surface area contributed by atoms with Crippen LogP contribution >= 0.6 is 0 Å². The molecule has 0 saturated carbocycles. The molecule has 0 spiro atoms. The summed E-state index contributed by atoms with van der Waals surface area (Å²) in [5.74, 6) is 3.20. The Kier molecular flexibility index (Phi) is 2.79. The molecule has 0 bridgehead atoms. The van der Waals surface area contributed by atoms with Crippen LogP contribution in [0.3, 0.4) is 0 Å². The number of hydrogen-bond donors (Lipinski definition) is 1. The van der Waals surface area contributed by atoms with Crippen molar-refractivity contribution in [2.45, 2.75) is 0 Å². The van der Waals surface area contributed by atoms with Crippen LogP contribution in [-0.4, -0.2) is 13.3 Å². The summed E-state index contributed by atoms with van der Waals surface area (Å²) in [6.45, 7) is 0. The Hall–Kier alpha value is -1.65. The lowest BCUT2D eigenvalue weighted by Gasteiger charge is -2.04. The first-order chi connectivity index (χ1) is 6.20. The summed E-state index contributed by atoms with van der Waals surface area (Å²) < 4.78 is 30.8. The highest BCUT2D eigenvalue weighted by Crippen LogP contribution is 2.21. The van der Waals surface area contributed by atoms with Gasteiger partial charge >= 0.3 is 0 Å². The van der Waals surface area contributed by atoms with Crippen LogP contribution in [0.2, 0.25) is 0 Å². The maximum absolute atomic E-state index is 13.2. The minimum Gasteiger partial charge on any atom is -0.494 e. The van der Waals surface area contributed by atoms with E-state index in [0.29, 0.717) is 0 Å². The molecule has 0 unspecified atom stereocenters. The van der Waals surface area contributed by atoms with Gasteiger partial charge in [0.2, 0.25) is 0 Å². The molecule has 70 valence electrons. The third kappa shape index (κ3) is 1.74. The average molecular weight is 186 g/mol. The second kappa shape index (κ2) is 3.84. The fourth-order valence-corrected chi connectivity index (χ4v) is 0.900. The van der Waals surface area contributed by atoms with Gasteiger partial charge in [-0.25, -0.2) is 8.78 Å². The smallest absolute Gasteiger partial charge is 0.176 e. The number of hydrazone groups is 1. The molecule has 0 heterocycles. The van der Waals surface area contributed by atoms with E-state index in [1.54, 1.807) is 0 Å². The Morgan fingerprint density at radius 2 is 2.15 bits per heavy atom. The number of hydrogen-bond acceptors (Lipinski definition) is 3. The van der Waals surface area contributed by atoms with E-state index in [2.05, 4.69) is 9.84 Å². The van der Waals surface area contributed by atoms with Crippen molar-refractivity contribution in [1.29, 1.82) is 0 Å². The van der Waals surface area contributed by atoms with E-state index in [-0.39, 0.29) is 11.3 Å². The van der Waals surface area contributed by atoms with E-state index in [4.69, 9.17) is 5.84 Å². The Morgan fingerprint density at radius 3 is 2.69 bits per heavy atom. The van der Waals surface area contributed by atoms with Gasteiger partial charge in [-0.15, -0.1) is 0 Å². The molecule has 0 aromatic heterocycles. The number of methoxy groups -OCH3 is 1.